The number of nitrogens with zero attached hydrogens (tertiary/aromatic N) is 1. The van der Waals surface area contributed by atoms with E-state index in [0.717, 1.165) is 11.0 Å². The number of hydrogen-bond acceptors (Lipinski definition) is 3. The third-order valence-electron chi connectivity index (χ3n) is 4.95. The van der Waals surface area contributed by atoms with E-state index in [1.807, 2.05) is 13.8 Å². The van der Waals surface area contributed by atoms with Gasteiger partial charge in [-0.1, -0.05) is 56.3 Å². The lowest BCUT2D eigenvalue weighted by Crippen LogP contribution is -2.41. The Morgan fingerprint density at radius 1 is 0.757 bits per heavy atom. The molecule has 0 aliphatic carbocycles. The molecule has 0 bridgehead atoms. The van der Waals surface area contributed by atoms with Crippen LogP contribution in [0.5, 0.6) is 11.5 Å². The number of halogens is 8. The first kappa shape index (κ1) is 29.9. The summed E-state index contributed by atoms with van der Waals surface area (Å²) in [6.07, 6.45) is -13.6. The molecule has 37 heavy (non-hydrogen) atoms. The van der Waals surface area contributed by atoms with Gasteiger partial charge in [0.2, 0.25) is 0 Å². The highest BCUT2D eigenvalue weighted by Crippen LogP contribution is 2.44. The minimum Gasteiger partial charge on any atom is -0.457 e. The number of benzene rings is 3. The molecule has 0 heterocycles. The van der Waals surface area contributed by atoms with E-state index in [4.69, 9.17) is 4.74 Å². The Morgan fingerprint density at radius 3 is 1.95 bits per heavy atom. The third kappa shape index (κ3) is 8.08. The van der Waals surface area contributed by atoms with Crippen LogP contribution in [0, 0.1) is 0 Å². The highest BCUT2D eigenvalue weighted by molar-refractivity contribution is 5.52. The van der Waals surface area contributed by atoms with Gasteiger partial charge in [0, 0.05) is 23.9 Å². The summed E-state index contributed by atoms with van der Waals surface area (Å²) in [5.74, 6) is -4.48. The zero-order valence-corrected chi connectivity index (χ0v) is 19.8. The van der Waals surface area contributed by atoms with E-state index in [9.17, 15) is 40.2 Å². The van der Waals surface area contributed by atoms with E-state index in [1.165, 1.54) is 30.3 Å². The largest absolute Gasteiger partial charge is 0.458 e. The summed E-state index contributed by atoms with van der Waals surface area (Å²) in [6.45, 7) is 2.50. The van der Waals surface area contributed by atoms with Crippen molar-refractivity contribution >= 4 is 5.69 Å². The van der Waals surface area contributed by atoms with E-state index in [0.29, 0.717) is 17.9 Å². The lowest BCUT2D eigenvalue weighted by molar-refractivity contribution is -0.289. The van der Waals surface area contributed by atoms with Gasteiger partial charge in [0.1, 0.15) is 11.5 Å². The summed E-state index contributed by atoms with van der Waals surface area (Å²) in [5, 5.41) is 9.62. The summed E-state index contributed by atoms with van der Waals surface area (Å²) in [5.41, 5.74) is -1.34. The van der Waals surface area contributed by atoms with E-state index in [1.54, 1.807) is 30.3 Å². The van der Waals surface area contributed by atoms with Crippen molar-refractivity contribution in [3.8, 4) is 11.5 Å². The minimum atomic E-state index is -5.85. The van der Waals surface area contributed by atoms with Crippen molar-refractivity contribution < 1.29 is 45.0 Å². The van der Waals surface area contributed by atoms with Crippen molar-refractivity contribution in [2.24, 2.45) is 0 Å². The van der Waals surface area contributed by atoms with Crippen LogP contribution < -0.4 is 9.64 Å². The second-order valence-corrected chi connectivity index (χ2v) is 7.62. The van der Waals surface area contributed by atoms with Crippen molar-refractivity contribution in [2.45, 2.75) is 44.8 Å². The van der Waals surface area contributed by atoms with Crippen LogP contribution >= 0.6 is 0 Å². The fourth-order valence-electron chi connectivity index (χ4n) is 3.19. The predicted molar refractivity (Wildman–Crippen MR) is 124 cm³/mol. The second-order valence-electron chi connectivity index (χ2n) is 7.62. The van der Waals surface area contributed by atoms with Gasteiger partial charge in [-0.15, -0.1) is 0 Å². The Hall–Kier alpha value is -3.34. The molecule has 0 aromatic heterocycles. The van der Waals surface area contributed by atoms with Crippen LogP contribution in [0.25, 0.3) is 0 Å². The first-order valence-electron chi connectivity index (χ1n) is 11.1. The normalized spacial score (nSPS) is 12.8. The topological polar surface area (TPSA) is 32.7 Å². The van der Waals surface area contributed by atoms with Crippen molar-refractivity contribution in [3.63, 3.8) is 0 Å². The Kier molecular flexibility index (Phi) is 9.91. The number of rotatable bonds is 8. The number of aliphatic hydroxyl groups excluding tert-OH is 1. The van der Waals surface area contributed by atoms with Crippen LogP contribution in [0.1, 0.15) is 25.0 Å². The number of alkyl halides is 8. The molecule has 0 amide bonds. The number of hydrogen-bond donors (Lipinski definition) is 1. The molecule has 3 aromatic rings. The molecule has 3 rings (SSSR count). The molecule has 1 unspecified atom stereocenters. The summed E-state index contributed by atoms with van der Waals surface area (Å²) in [7, 11) is 0. The smallest absolute Gasteiger partial charge is 0.457 e. The van der Waals surface area contributed by atoms with Gasteiger partial charge in [0.25, 0.3) is 0 Å². The van der Waals surface area contributed by atoms with Crippen molar-refractivity contribution in [1.29, 1.82) is 0 Å². The molecule has 3 nitrogen and oxygen atoms in total. The number of anilines is 1. The summed E-state index contributed by atoms with van der Waals surface area (Å²) in [4.78, 5) is 1.01. The molecule has 1 atom stereocenters. The van der Waals surface area contributed by atoms with Gasteiger partial charge in [-0.2, -0.15) is 35.1 Å². The number of ether oxygens (including phenoxy) is 1. The molecular weight excluding hydrogens is 510 g/mol. The molecule has 1 N–H and O–H groups in total. The molecule has 0 fully saturated rings. The summed E-state index contributed by atoms with van der Waals surface area (Å²) >= 11 is 0. The standard InChI is InChI=1S/C24H19F8NO2.C2H6/c25-22(26,24(30,31)32)17-7-4-6-16(12-17)14-33(15-21(34)23(27,28)29)18-8-5-11-20(13-18)35-19-9-2-1-3-10-19;1-2/h1-13,21,34H,14-15H2;1-2H3. The van der Waals surface area contributed by atoms with Crippen LogP contribution in [0.4, 0.5) is 40.8 Å². The lowest BCUT2D eigenvalue weighted by atomic mass is 10.0. The van der Waals surface area contributed by atoms with Crippen LogP contribution in [0.15, 0.2) is 78.9 Å². The van der Waals surface area contributed by atoms with Crippen LogP contribution in [0.3, 0.4) is 0 Å². The zero-order valence-electron chi connectivity index (χ0n) is 19.8. The van der Waals surface area contributed by atoms with E-state index in [2.05, 4.69) is 0 Å². The Bertz CT molecular complexity index is 1120. The Balaban J connectivity index is 0.00000235. The molecule has 0 aliphatic heterocycles. The molecule has 0 saturated carbocycles. The quantitative estimate of drug-likeness (QED) is 0.296. The molecule has 11 heteroatoms. The van der Waals surface area contributed by atoms with E-state index in [-0.39, 0.29) is 17.0 Å². The zero-order chi connectivity index (χ0) is 27.9. The monoisotopic (exact) mass is 535 g/mol. The Morgan fingerprint density at radius 2 is 1.35 bits per heavy atom. The molecule has 0 saturated heterocycles. The van der Waals surface area contributed by atoms with Crippen LogP contribution in [-0.2, 0) is 12.5 Å². The van der Waals surface area contributed by atoms with Crippen LogP contribution in [0.2, 0.25) is 0 Å². The molecular formula is C26H25F8NO2. The number of para-hydroxylation sites is 1. The van der Waals surface area contributed by atoms with Gasteiger partial charge in [-0.05, 0) is 35.9 Å². The maximum atomic E-state index is 13.8. The highest BCUT2D eigenvalue weighted by atomic mass is 19.4. The molecule has 202 valence electrons. The third-order valence-corrected chi connectivity index (χ3v) is 4.95. The fourth-order valence-corrected chi connectivity index (χ4v) is 3.19. The van der Waals surface area contributed by atoms with E-state index < -0.39 is 43.0 Å². The first-order chi connectivity index (χ1) is 17.3. The molecule has 0 aliphatic rings. The minimum absolute atomic E-state index is 0.116. The second kappa shape index (κ2) is 12.3. The lowest BCUT2D eigenvalue weighted by Gasteiger charge is -2.29. The first-order valence-corrected chi connectivity index (χ1v) is 11.1. The molecule has 0 radical (unpaired) electrons. The van der Waals surface area contributed by atoms with Gasteiger partial charge < -0.3 is 14.7 Å². The summed E-state index contributed by atoms with van der Waals surface area (Å²) < 4.78 is 111. The van der Waals surface area contributed by atoms with Crippen LogP contribution in [-0.4, -0.2) is 30.1 Å². The van der Waals surface area contributed by atoms with Crippen molar-refractivity contribution in [2.75, 3.05) is 11.4 Å². The van der Waals surface area contributed by atoms with Crippen molar-refractivity contribution in [3.05, 3.63) is 90.0 Å². The van der Waals surface area contributed by atoms with Gasteiger partial charge in [0.05, 0.1) is 6.54 Å². The molecule has 0 spiro atoms. The maximum Gasteiger partial charge on any atom is 0.458 e. The average molecular weight is 535 g/mol. The summed E-state index contributed by atoms with van der Waals surface area (Å²) in [6, 6.07) is 17.5. The number of aliphatic hydroxyl groups is 1. The maximum absolute atomic E-state index is 13.8. The SMILES string of the molecule is CC.OC(CN(Cc1cccc(C(F)(F)C(F)(F)F)c1)c1cccc(Oc2ccccc2)c1)C(F)(F)F. The van der Waals surface area contributed by atoms with Gasteiger partial charge in [-0.3, -0.25) is 0 Å². The van der Waals surface area contributed by atoms with E-state index >= 15 is 0 Å². The van der Waals surface area contributed by atoms with Gasteiger partial charge in [-0.25, -0.2) is 0 Å². The fraction of sp³-hybridized carbons (Fsp3) is 0.308. The van der Waals surface area contributed by atoms with Gasteiger partial charge in [0.15, 0.2) is 6.10 Å². The Labute approximate surface area is 208 Å². The predicted octanol–water partition coefficient (Wildman–Crippen LogP) is 8.09. The van der Waals surface area contributed by atoms with Crippen molar-refractivity contribution in [1.82, 2.24) is 0 Å². The average Bonchev–Trinajstić information content (AvgIpc) is 2.84. The molecule has 3 aromatic carbocycles. The van der Waals surface area contributed by atoms with Gasteiger partial charge >= 0.3 is 18.3 Å². The highest BCUT2D eigenvalue weighted by Gasteiger charge is 2.58.